The average Bonchev–Trinajstić information content (AvgIpc) is 3.06. The third kappa shape index (κ3) is 3.64. The molecule has 8 rings (SSSR count). The van der Waals surface area contributed by atoms with E-state index in [1.54, 1.807) is 0 Å². The van der Waals surface area contributed by atoms with Gasteiger partial charge in [-0.05, 0) is 113 Å². The van der Waals surface area contributed by atoms with E-state index in [2.05, 4.69) is 109 Å². The predicted molar refractivity (Wildman–Crippen MR) is 173 cm³/mol. The van der Waals surface area contributed by atoms with E-state index in [1.165, 1.54) is 32.3 Å². The topological polar surface area (TPSA) is 47.6 Å². The quantitative estimate of drug-likeness (QED) is 0.213. The van der Waals surface area contributed by atoms with Gasteiger partial charge < -0.3 is 0 Å². The van der Waals surface area contributed by atoms with Gasteiger partial charge in [-0.2, -0.15) is 10.5 Å². The van der Waals surface area contributed by atoms with Crippen LogP contribution < -0.4 is 0 Å². The Hall–Kier alpha value is -5.96. The van der Waals surface area contributed by atoms with Crippen molar-refractivity contribution in [1.82, 2.24) is 0 Å². The number of hydrogen-bond donors (Lipinski definition) is 0. The second kappa shape index (κ2) is 9.31. The first-order valence-corrected chi connectivity index (χ1v) is 14.0. The van der Waals surface area contributed by atoms with Gasteiger partial charge in [-0.3, -0.25) is 0 Å². The SMILES string of the molecule is N#Cc1cccc(-c2ccc3ccc4c(-c5cccc(C#N)c5)cc(-c5ccc6ccccc6c5)c5ccc2c3c45)c1. The van der Waals surface area contributed by atoms with E-state index in [1.807, 2.05) is 36.4 Å². The summed E-state index contributed by atoms with van der Waals surface area (Å²) in [4.78, 5) is 0. The van der Waals surface area contributed by atoms with E-state index in [-0.39, 0.29) is 0 Å². The highest BCUT2D eigenvalue weighted by atomic mass is 14.3. The zero-order valence-electron chi connectivity index (χ0n) is 22.6. The first-order chi connectivity index (χ1) is 20.7. The van der Waals surface area contributed by atoms with Crippen LogP contribution >= 0.6 is 0 Å². The van der Waals surface area contributed by atoms with Crippen LogP contribution in [0.25, 0.3) is 76.5 Å². The Morgan fingerprint density at radius 2 is 0.905 bits per heavy atom. The van der Waals surface area contributed by atoms with E-state index in [0.29, 0.717) is 11.1 Å². The van der Waals surface area contributed by atoms with Crippen LogP contribution in [0, 0.1) is 22.7 Å². The number of rotatable bonds is 3. The van der Waals surface area contributed by atoms with Crippen LogP contribution in [-0.2, 0) is 0 Å². The maximum Gasteiger partial charge on any atom is 0.0991 e. The highest BCUT2D eigenvalue weighted by Crippen LogP contribution is 2.46. The zero-order valence-corrected chi connectivity index (χ0v) is 22.6. The molecule has 0 aliphatic heterocycles. The number of fused-ring (bicyclic) bond motifs is 1. The van der Waals surface area contributed by atoms with Gasteiger partial charge in [-0.25, -0.2) is 0 Å². The lowest BCUT2D eigenvalue weighted by Crippen LogP contribution is -1.93. The molecule has 0 aliphatic carbocycles. The minimum atomic E-state index is 0.644. The van der Waals surface area contributed by atoms with Gasteiger partial charge in [0.05, 0.1) is 23.3 Å². The van der Waals surface area contributed by atoms with E-state index in [4.69, 9.17) is 0 Å². The molecule has 0 unspecified atom stereocenters. The molecule has 0 aromatic heterocycles. The molecule has 0 atom stereocenters. The van der Waals surface area contributed by atoms with Crippen molar-refractivity contribution in [2.24, 2.45) is 0 Å². The van der Waals surface area contributed by atoms with Crippen molar-refractivity contribution in [3.8, 4) is 45.5 Å². The van der Waals surface area contributed by atoms with Crippen LogP contribution in [0.2, 0.25) is 0 Å². The lowest BCUT2D eigenvalue weighted by Gasteiger charge is -2.20. The molecule has 8 aromatic rings. The fourth-order valence-corrected chi connectivity index (χ4v) is 6.50. The summed E-state index contributed by atoms with van der Waals surface area (Å²) in [7, 11) is 0. The molecule has 0 spiro atoms. The summed E-state index contributed by atoms with van der Waals surface area (Å²) in [5, 5.41) is 28.8. The second-order valence-electron chi connectivity index (χ2n) is 10.8. The smallest absolute Gasteiger partial charge is 0.0991 e. The molecular weight excluding hydrogens is 508 g/mol. The van der Waals surface area contributed by atoms with E-state index in [9.17, 15) is 10.5 Å². The minimum absolute atomic E-state index is 0.644. The number of benzene rings is 8. The minimum Gasteiger partial charge on any atom is -0.192 e. The summed E-state index contributed by atoms with van der Waals surface area (Å²) < 4.78 is 0. The molecule has 0 amide bonds. The molecule has 2 heteroatoms. The predicted octanol–water partition coefficient (Wildman–Crippen LogP) is 10.5. The number of hydrogen-bond acceptors (Lipinski definition) is 2. The van der Waals surface area contributed by atoms with Crippen LogP contribution in [0.3, 0.4) is 0 Å². The Labute approximate surface area is 243 Å². The largest absolute Gasteiger partial charge is 0.192 e. The van der Waals surface area contributed by atoms with Gasteiger partial charge >= 0.3 is 0 Å². The summed E-state index contributed by atoms with van der Waals surface area (Å²) >= 11 is 0. The van der Waals surface area contributed by atoms with Crippen molar-refractivity contribution in [2.75, 3.05) is 0 Å². The molecule has 42 heavy (non-hydrogen) atoms. The number of nitriles is 2. The van der Waals surface area contributed by atoms with Crippen LogP contribution in [0.15, 0.2) is 133 Å². The molecule has 0 saturated carbocycles. The molecule has 0 radical (unpaired) electrons. The third-order valence-electron chi connectivity index (χ3n) is 8.45. The Bertz CT molecular complexity index is 2440. The summed E-state index contributed by atoms with van der Waals surface area (Å²) in [6, 6.07) is 51.0. The zero-order chi connectivity index (χ0) is 28.2. The molecule has 0 bridgehead atoms. The average molecular weight is 531 g/mol. The normalized spacial score (nSPS) is 11.3. The Morgan fingerprint density at radius 1 is 0.357 bits per heavy atom. The van der Waals surface area contributed by atoms with Crippen molar-refractivity contribution in [2.45, 2.75) is 0 Å². The molecule has 0 heterocycles. The van der Waals surface area contributed by atoms with Crippen LogP contribution in [-0.4, -0.2) is 0 Å². The van der Waals surface area contributed by atoms with Crippen molar-refractivity contribution in [3.63, 3.8) is 0 Å². The fraction of sp³-hybridized carbons (Fsp3) is 0. The van der Waals surface area contributed by atoms with Gasteiger partial charge in [0.1, 0.15) is 0 Å². The molecule has 8 aromatic carbocycles. The molecule has 0 N–H and O–H groups in total. The summed E-state index contributed by atoms with van der Waals surface area (Å²) in [6.07, 6.45) is 0. The van der Waals surface area contributed by atoms with Gasteiger partial charge in [0.2, 0.25) is 0 Å². The first-order valence-electron chi connectivity index (χ1n) is 14.0. The molecular formula is C40H22N2. The second-order valence-corrected chi connectivity index (χ2v) is 10.8. The summed E-state index contributed by atoms with van der Waals surface area (Å²) in [6.45, 7) is 0. The van der Waals surface area contributed by atoms with Gasteiger partial charge in [-0.1, -0.05) is 97.1 Å². The standard InChI is InChI=1S/C40H22N2/c41-23-25-5-3-9-30(19-25)33-15-13-28-14-16-35-37(31-10-4-6-26(20-31)24-42)22-38(36-18-17-34(33)39(28)40(35)36)32-12-11-27-7-1-2-8-29(27)21-32/h1-22H. The monoisotopic (exact) mass is 530 g/mol. The van der Waals surface area contributed by atoms with Gasteiger partial charge in [-0.15, -0.1) is 0 Å². The van der Waals surface area contributed by atoms with Gasteiger partial charge in [0, 0.05) is 0 Å². The Morgan fingerprint density at radius 3 is 1.60 bits per heavy atom. The lowest BCUT2D eigenvalue weighted by molar-refractivity contribution is 1.48. The number of nitrogens with zero attached hydrogens (tertiary/aromatic N) is 2. The third-order valence-corrected chi connectivity index (χ3v) is 8.45. The van der Waals surface area contributed by atoms with Crippen molar-refractivity contribution < 1.29 is 0 Å². The molecule has 192 valence electrons. The van der Waals surface area contributed by atoms with Crippen molar-refractivity contribution in [3.05, 3.63) is 145 Å². The van der Waals surface area contributed by atoms with E-state index in [0.717, 1.165) is 44.2 Å². The van der Waals surface area contributed by atoms with Crippen LogP contribution in [0.4, 0.5) is 0 Å². The Kier molecular flexibility index (Phi) is 5.29. The van der Waals surface area contributed by atoms with Crippen LogP contribution in [0.5, 0.6) is 0 Å². The summed E-state index contributed by atoms with van der Waals surface area (Å²) in [5.74, 6) is 0. The Balaban J connectivity index is 1.51. The maximum atomic E-state index is 9.68. The highest BCUT2D eigenvalue weighted by Gasteiger charge is 2.19. The van der Waals surface area contributed by atoms with Gasteiger partial charge in [0.25, 0.3) is 0 Å². The van der Waals surface area contributed by atoms with Crippen LogP contribution in [0.1, 0.15) is 11.1 Å². The molecule has 0 aliphatic rings. The van der Waals surface area contributed by atoms with E-state index >= 15 is 0 Å². The lowest BCUT2D eigenvalue weighted by atomic mass is 9.83. The molecule has 0 saturated heterocycles. The van der Waals surface area contributed by atoms with E-state index < -0.39 is 0 Å². The van der Waals surface area contributed by atoms with Gasteiger partial charge in [0.15, 0.2) is 0 Å². The maximum absolute atomic E-state index is 9.68. The molecule has 0 fully saturated rings. The van der Waals surface area contributed by atoms with Crippen molar-refractivity contribution >= 4 is 43.1 Å². The first kappa shape index (κ1) is 23.9. The highest BCUT2D eigenvalue weighted by molar-refractivity contribution is 6.30. The fourth-order valence-electron chi connectivity index (χ4n) is 6.50. The molecule has 2 nitrogen and oxygen atoms in total. The van der Waals surface area contributed by atoms with Crippen molar-refractivity contribution in [1.29, 1.82) is 10.5 Å². The summed E-state index contributed by atoms with van der Waals surface area (Å²) in [5.41, 5.74) is 7.89.